The Labute approximate surface area is 180 Å². The molecule has 0 spiro atoms. The third-order valence-corrected chi connectivity index (χ3v) is 6.13. The largest absolute Gasteiger partial charge is 0.387 e. The second kappa shape index (κ2) is 9.33. The molecule has 1 aliphatic carbocycles. The average Bonchev–Trinajstić information content (AvgIpc) is 3.31. The van der Waals surface area contributed by atoms with E-state index in [-0.39, 0.29) is 5.82 Å². The second-order valence-corrected chi connectivity index (χ2v) is 8.30. The predicted molar refractivity (Wildman–Crippen MR) is 114 cm³/mol. The molecule has 4 unspecified atom stereocenters. The zero-order valence-electron chi connectivity index (χ0n) is 17.7. The topological polar surface area (TPSA) is 160 Å². The van der Waals surface area contributed by atoms with Crippen molar-refractivity contribution >= 4 is 28.8 Å². The van der Waals surface area contributed by atoms with Crippen LogP contribution in [0, 0.1) is 5.92 Å². The molecule has 31 heavy (non-hydrogen) atoms. The molecular formula is C20H31N7O4. The van der Waals surface area contributed by atoms with Crippen LogP contribution < -0.4 is 16.4 Å². The summed E-state index contributed by atoms with van der Waals surface area (Å²) in [5, 5.41) is 26.6. The summed E-state index contributed by atoms with van der Waals surface area (Å²) in [4.78, 5) is 25.2. The van der Waals surface area contributed by atoms with Gasteiger partial charge in [0.05, 0.1) is 6.33 Å². The van der Waals surface area contributed by atoms with E-state index in [1.165, 1.54) is 43.0 Å². The van der Waals surface area contributed by atoms with Gasteiger partial charge in [-0.25, -0.2) is 4.98 Å². The lowest BCUT2D eigenvalue weighted by Crippen LogP contribution is -2.42. The normalized spacial score (nSPS) is 26.9. The Morgan fingerprint density at radius 1 is 1.26 bits per heavy atom. The molecule has 0 bridgehead atoms. The first-order chi connectivity index (χ1) is 15.0. The maximum atomic E-state index is 12.1. The van der Waals surface area contributed by atoms with Gasteiger partial charge in [-0.2, -0.15) is 9.97 Å². The minimum absolute atomic E-state index is 0.206. The lowest BCUT2D eigenvalue weighted by molar-refractivity contribution is -0.137. The number of aliphatic hydroxyl groups is 2. The molecule has 2 fully saturated rings. The Morgan fingerprint density at radius 2 is 2.03 bits per heavy atom. The van der Waals surface area contributed by atoms with Gasteiger partial charge >= 0.3 is 0 Å². The number of hydrogen-bond acceptors (Lipinski definition) is 9. The van der Waals surface area contributed by atoms with Crippen molar-refractivity contribution in [2.45, 2.75) is 70.0 Å². The highest BCUT2D eigenvalue weighted by Crippen LogP contribution is 2.32. The van der Waals surface area contributed by atoms with Crippen LogP contribution in [-0.4, -0.2) is 67.0 Å². The van der Waals surface area contributed by atoms with Gasteiger partial charge in [0.2, 0.25) is 5.95 Å². The van der Waals surface area contributed by atoms with Crippen molar-refractivity contribution in [3.05, 3.63) is 6.33 Å². The summed E-state index contributed by atoms with van der Waals surface area (Å²) < 4.78 is 7.16. The first kappa shape index (κ1) is 21.7. The molecule has 4 atom stereocenters. The Bertz CT molecular complexity index is 914. The van der Waals surface area contributed by atoms with Gasteiger partial charge in [-0.05, 0) is 19.3 Å². The maximum absolute atomic E-state index is 12.1. The van der Waals surface area contributed by atoms with Crippen LogP contribution in [0.5, 0.6) is 0 Å². The number of likely N-dealkylation sites (N-methyl/N-ethyl adjacent to an activating group) is 1. The lowest BCUT2D eigenvalue weighted by Gasteiger charge is -2.21. The van der Waals surface area contributed by atoms with Gasteiger partial charge < -0.3 is 31.3 Å². The molecule has 2 aliphatic rings. The SMILES string of the molecule is CCNC(=O)C1OC(n2cnc3c(N)nc(NCCC4CCCCC4)nc32)C(O)C1O. The van der Waals surface area contributed by atoms with E-state index >= 15 is 0 Å². The maximum Gasteiger partial charge on any atom is 0.252 e. The Kier molecular flexibility index (Phi) is 6.54. The summed E-state index contributed by atoms with van der Waals surface area (Å²) in [6.07, 6.45) is 4.00. The molecule has 11 heteroatoms. The van der Waals surface area contributed by atoms with Gasteiger partial charge in [-0.15, -0.1) is 0 Å². The van der Waals surface area contributed by atoms with Crippen molar-refractivity contribution in [2.24, 2.45) is 5.92 Å². The molecule has 1 saturated carbocycles. The Hall–Kier alpha value is -2.50. The first-order valence-electron chi connectivity index (χ1n) is 11.0. The van der Waals surface area contributed by atoms with Crippen LogP contribution in [0.4, 0.5) is 11.8 Å². The number of hydrogen-bond donors (Lipinski definition) is 5. The van der Waals surface area contributed by atoms with E-state index in [1.54, 1.807) is 6.92 Å². The summed E-state index contributed by atoms with van der Waals surface area (Å²) >= 11 is 0. The highest BCUT2D eigenvalue weighted by Gasteiger charge is 2.47. The molecule has 2 aromatic heterocycles. The van der Waals surface area contributed by atoms with Gasteiger partial charge in [-0.3, -0.25) is 9.36 Å². The highest BCUT2D eigenvalue weighted by molar-refractivity contribution is 5.83. The monoisotopic (exact) mass is 433 g/mol. The van der Waals surface area contributed by atoms with E-state index in [1.807, 2.05) is 0 Å². The van der Waals surface area contributed by atoms with Crippen molar-refractivity contribution in [3.63, 3.8) is 0 Å². The lowest BCUT2D eigenvalue weighted by atomic mass is 9.87. The molecule has 4 rings (SSSR count). The van der Waals surface area contributed by atoms with Gasteiger partial charge in [0.15, 0.2) is 23.8 Å². The Balaban J connectivity index is 1.51. The van der Waals surface area contributed by atoms with Crippen LogP contribution in [0.2, 0.25) is 0 Å². The van der Waals surface area contributed by atoms with Crippen molar-refractivity contribution in [3.8, 4) is 0 Å². The second-order valence-electron chi connectivity index (χ2n) is 8.30. The van der Waals surface area contributed by atoms with Crippen LogP contribution in [-0.2, 0) is 9.53 Å². The average molecular weight is 434 g/mol. The van der Waals surface area contributed by atoms with E-state index in [0.717, 1.165) is 18.9 Å². The number of amides is 1. The van der Waals surface area contributed by atoms with Gasteiger partial charge in [0.1, 0.15) is 17.7 Å². The van der Waals surface area contributed by atoms with E-state index < -0.39 is 30.4 Å². The number of anilines is 2. The molecule has 170 valence electrons. The first-order valence-corrected chi connectivity index (χ1v) is 11.0. The molecule has 1 aliphatic heterocycles. The van der Waals surface area contributed by atoms with Crippen molar-refractivity contribution < 1.29 is 19.7 Å². The number of fused-ring (bicyclic) bond motifs is 1. The van der Waals surface area contributed by atoms with E-state index in [0.29, 0.717) is 23.7 Å². The van der Waals surface area contributed by atoms with Crippen molar-refractivity contribution in [2.75, 3.05) is 24.1 Å². The van der Waals surface area contributed by atoms with Gasteiger partial charge in [-0.1, -0.05) is 32.1 Å². The Morgan fingerprint density at radius 3 is 2.77 bits per heavy atom. The molecule has 3 heterocycles. The number of carbonyl (C=O) groups excluding carboxylic acids is 1. The minimum atomic E-state index is -1.37. The summed E-state index contributed by atoms with van der Waals surface area (Å²) in [6.45, 7) is 2.89. The number of rotatable bonds is 7. The molecule has 1 saturated heterocycles. The third-order valence-electron chi connectivity index (χ3n) is 6.13. The van der Waals surface area contributed by atoms with E-state index in [2.05, 4.69) is 25.6 Å². The predicted octanol–water partition coefficient (Wildman–Crippen LogP) is 0.546. The third kappa shape index (κ3) is 4.43. The molecule has 11 nitrogen and oxygen atoms in total. The van der Waals surface area contributed by atoms with Crippen LogP contribution >= 0.6 is 0 Å². The van der Waals surface area contributed by atoms with Crippen molar-refractivity contribution in [1.82, 2.24) is 24.8 Å². The molecular weight excluding hydrogens is 402 g/mol. The fraction of sp³-hybridized carbons (Fsp3) is 0.700. The van der Waals surface area contributed by atoms with E-state index in [9.17, 15) is 15.0 Å². The standard InChI is InChI=1S/C20H31N7O4/c1-2-22-18(30)15-13(28)14(29)19(31-15)27-10-24-12-16(21)25-20(26-17(12)27)23-9-8-11-6-4-3-5-7-11/h10-11,13-15,19,28-29H,2-9H2,1H3,(H,22,30)(H3,21,23,25,26). The fourth-order valence-corrected chi connectivity index (χ4v) is 4.45. The number of aromatic nitrogens is 4. The number of imidazole rings is 1. The molecule has 1 amide bonds. The van der Waals surface area contributed by atoms with Crippen LogP contribution in [0.25, 0.3) is 11.2 Å². The minimum Gasteiger partial charge on any atom is -0.387 e. The zero-order chi connectivity index (χ0) is 22.0. The highest BCUT2D eigenvalue weighted by atomic mass is 16.6. The van der Waals surface area contributed by atoms with Gasteiger partial charge in [0, 0.05) is 13.1 Å². The van der Waals surface area contributed by atoms with Crippen molar-refractivity contribution in [1.29, 1.82) is 0 Å². The summed E-state index contributed by atoms with van der Waals surface area (Å²) in [5.74, 6) is 0.816. The summed E-state index contributed by atoms with van der Waals surface area (Å²) in [6, 6.07) is 0. The molecule has 6 N–H and O–H groups in total. The fourth-order valence-electron chi connectivity index (χ4n) is 4.45. The van der Waals surface area contributed by atoms with Crippen LogP contribution in [0.3, 0.4) is 0 Å². The smallest absolute Gasteiger partial charge is 0.252 e. The molecule has 0 aromatic carbocycles. The van der Waals surface area contributed by atoms with Crippen LogP contribution in [0.15, 0.2) is 6.33 Å². The number of carbonyl (C=O) groups is 1. The number of nitrogens with two attached hydrogens (primary N) is 1. The number of nitrogens with one attached hydrogen (secondary N) is 2. The zero-order valence-corrected chi connectivity index (χ0v) is 17.7. The number of ether oxygens (including phenoxy) is 1. The van der Waals surface area contributed by atoms with E-state index in [4.69, 9.17) is 10.5 Å². The number of nitrogen functional groups attached to an aromatic ring is 1. The quantitative estimate of drug-likeness (QED) is 0.420. The number of aliphatic hydroxyl groups excluding tert-OH is 2. The summed E-state index contributed by atoms with van der Waals surface area (Å²) in [5.41, 5.74) is 6.80. The number of nitrogens with zero attached hydrogens (tertiary/aromatic N) is 4. The van der Waals surface area contributed by atoms with Crippen LogP contribution in [0.1, 0.15) is 51.7 Å². The van der Waals surface area contributed by atoms with Gasteiger partial charge in [0.25, 0.3) is 5.91 Å². The summed E-state index contributed by atoms with van der Waals surface area (Å²) in [7, 11) is 0. The molecule has 0 radical (unpaired) electrons. The molecule has 2 aromatic rings.